The van der Waals surface area contributed by atoms with Crippen molar-refractivity contribution in [1.29, 1.82) is 0 Å². The van der Waals surface area contributed by atoms with E-state index < -0.39 is 0 Å². The van der Waals surface area contributed by atoms with Gasteiger partial charge in [0.15, 0.2) is 0 Å². The van der Waals surface area contributed by atoms with Gasteiger partial charge in [-0.2, -0.15) is 0 Å². The SMILES string of the molecule is Cc1ccnc(-n2c3ccccc3c3cc4c(cc32)-c2cc3c(cc2CC4)c2ccccc2n3-c2cc(C)ccn2)c1. The second-order valence-corrected chi connectivity index (χ2v) is 11.6. The van der Waals surface area contributed by atoms with Crippen LogP contribution >= 0.6 is 0 Å². The van der Waals surface area contributed by atoms with Crippen molar-refractivity contribution in [2.45, 2.75) is 26.7 Å². The number of para-hydroxylation sites is 2. The fourth-order valence-electron chi connectivity index (χ4n) is 7.08. The summed E-state index contributed by atoms with van der Waals surface area (Å²) >= 11 is 0. The fraction of sp³-hybridized carbons (Fsp3) is 0.105. The lowest BCUT2D eigenvalue weighted by molar-refractivity contribution is 0.945. The minimum atomic E-state index is 0.957. The number of benzene rings is 4. The van der Waals surface area contributed by atoms with Crippen molar-refractivity contribution in [2.75, 3.05) is 0 Å². The minimum absolute atomic E-state index is 0.957. The van der Waals surface area contributed by atoms with E-state index in [0.717, 1.165) is 24.5 Å². The lowest BCUT2D eigenvalue weighted by atomic mass is 9.84. The number of aromatic nitrogens is 4. The molecule has 4 heterocycles. The average molecular weight is 541 g/mol. The summed E-state index contributed by atoms with van der Waals surface area (Å²) < 4.78 is 4.66. The van der Waals surface area contributed by atoms with Gasteiger partial charge < -0.3 is 0 Å². The first kappa shape index (κ1) is 23.5. The molecule has 8 aromatic rings. The minimum Gasteiger partial charge on any atom is -0.294 e. The highest BCUT2D eigenvalue weighted by Gasteiger charge is 2.23. The Morgan fingerprint density at radius 1 is 0.476 bits per heavy atom. The molecule has 0 amide bonds. The highest BCUT2D eigenvalue weighted by atomic mass is 15.1. The van der Waals surface area contributed by atoms with Gasteiger partial charge >= 0.3 is 0 Å². The van der Waals surface area contributed by atoms with Crippen LogP contribution in [0, 0.1) is 13.8 Å². The molecule has 4 nitrogen and oxygen atoms in total. The molecular weight excluding hydrogens is 512 g/mol. The van der Waals surface area contributed by atoms with Gasteiger partial charge in [-0.15, -0.1) is 0 Å². The predicted molar refractivity (Wildman–Crippen MR) is 173 cm³/mol. The molecule has 0 fully saturated rings. The molecule has 4 heteroatoms. The zero-order valence-electron chi connectivity index (χ0n) is 23.6. The molecule has 0 unspecified atom stereocenters. The Hall–Kier alpha value is -5.22. The van der Waals surface area contributed by atoms with Gasteiger partial charge in [0.1, 0.15) is 11.6 Å². The lowest BCUT2D eigenvalue weighted by Gasteiger charge is -2.21. The second kappa shape index (κ2) is 8.64. The standard InChI is InChI=1S/C38H28N4/c1-23-13-15-39-37(17-23)41-33-9-5-3-7-27(33)31-19-25-11-12-26-20-32-28-8-4-6-10-34(28)42(38-18-24(2)14-16-40-38)36(32)22-30(26)29(25)21-35(31)41/h3-10,13-22H,11-12H2,1-2H3. The molecule has 200 valence electrons. The second-order valence-electron chi connectivity index (χ2n) is 11.6. The Bertz CT molecular complexity index is 2220. The Morgan fingerprint density at radius 2 is 0.929 bits per heavy atom. The maximum Gasteiger partial charge on any atom is 0.137 e. The third-order valence-electron chi connectivity index (χ3n) is 9.01. The van der Waals surface area contributed by atoms with Crippen LogP contribution in [-0.4, -0.2) is 19.1 Å². The number of pyridine rings is 2. The van der Waals surface area contributed by atoms with Crippen LogP contribution in [-0.2, 0) is 12.8 Å². The Kier molecular flexibility index (Phi) is 4.83. The van der Waals surface area contributed by atoms with Crippen LogP contribution in [0.15, 0.2) is 109 Å². The van der Waals surface area contributed by atoms with E-state index >= 15 is 0 Å². The molecular formula is C38H28N4. The molecule has 0 saturated heterocycles. The van der Waals surface area contributed by atoms with E-state index in [0.29, 0.717) is 0 Å². The molecule has 42 heavy (non-hydrogen) atoms. The maximum absolute atomic E-state index is 4.81. The highest BCUT2D eigenvalue weighted by Crippen LogP contribution is 2.43. The Morgan fingerprint density at radius 3 is 1.38 bits per heavy atom. The number of rotatable bonds is 2. The molecule has 0 atom stereocenters. The number of fused-ring (bicyclic) bond motifs is 9. The summed E-state index contributed by atoms with van der Waals surface area (Å²) in [5, 5.41) is 5.11. The molecule has 0 saturated carbocycles. The van der Waals surface area contributed by atoms with Crippen LogP contribution in [0.1, 0.15) is 22.3 Å². The smallest absolute Gasteiger partial charge is 0.137 e. The lowest BCUT2D eigenvalue weighted by Crippen LogP contribution is -2.05. The number of aryl methyl sites for hydroxylation is 4. The number of hydrogen-bond donors (Lipinski definition) is 0. The zero-order valence-corrected chi connectivity index (χ0v) is 23.6. The van der Waals surface area contributed by atoms with Crippen LogP contribution in [0.4, 0.5) is 0 Å². The zero-order chi connectivity index (χ0) is 27.9. The molecule has 9 rings (SSSR count). The van der Waals surface area contributed by atoms with Gasteiger partial charge in [-0.1, -0.05) is 36.4 Å². The Labute approximate surface area is 243 Å². The van der Waals surface area contributed by atoms with Crippen LogP contribution in [0.25, 0.3) is 66.4 Å². The summed E-state index contributed by atoms with van der Waals surface area (Å²) in [6, 6.07) is 35.6. The van der Waals surface area contributed by atoms with Gasteiger partial charge in [-0.3, -0.25) is 9.13 Å². The van der Waals surface area contributed by atoms with Gasteiger partial charge in [0.25, 0.3) is 0 Å². The molecule has 4 aromatic carbocycles. The quantitative estimate of drug-likeness (QED) is 0.219. The van der Waals surface area contributed by atoms with E-state index in [1.165, 1.54) is 77.0 Å². The van der Waals surface area contributed by atoms with Crippen molar-refractivity contribution in [3.63, 3.8) is 0 Å². The molecule has 0 aliphatic heterocycles. The summed E-state index contributed by atoms with van der Waals surface area (Å²) in [6.07, 6.45) is 5.88. The summed E-state index contributed by atoms with van der Waals surface area (Å²) in [4.78, 5) is 9.62. The van der Waals surface area contributed by atoms with Crippen LogP contribution in [0.3, 0.4) is 0 Å². The van der Waals surface area contributed by atoms with E-state index in [1.807, 2.05) is 12.4 Å². The van der Waals surface area contributed by atoms with Gasteiger partial charge in [-0.25, -0.2) is 9.97 Å². The van der Waals surface area contributed by atoms with Gasteiger partial charge in [-0.05, 0) is 121 Å². The van der Waals surface area contributed by atoms with Crippen LogP contribution < -0.4 is 0 Å². The van der Waals surface area contributed by atoms with E-state index in [-0.39, 0.29) is 0 Å². The molecule has 0 radical (unpaired) electrons. The van der Waals surface area contributed by atoms with Crippen LogP contribution in [0.2, 0.25) is 0 Å². The third kappa shape index (κ3) is 3.29. The number of nitrogens with zero attached hydrogens (tertiary/aromatic N) is 4. The molecule has 0 N–H and O–H groups in total. The number of hydrogen-bond acceptors (Lipinski definition) is 2. The van der Waals surface area contributed by atoms with Crippen molar-refractivity contribution in [1.82, 2.24) is 19.1 Å². The highest BCUT2D eigenvalue weighted by molar-refractivity contribution is 6.13. The summed E-state index contributed by atoms with van der Waals surface area (Å²) in [7, 11) is 0. The van der Waals surface area contributed by atoms with Crippen molar-refractivity contribution >= 4 is 43.6 Å². The van der Waals surface area contributed by atoms with Crippen molar-refractivity contribution < 1.29 is 0 Å². The van der Waals surface area contributed by atoms with Crippen molar-refractivity contribution in [3.8, 4) is 22.8 Å². The Balaban J connectivity index is 1.37. The first-order chi connectivity index (χ1) is 20.6. The summed E-state index contributed by atoms with van der Waals surface area (Å²) in [5.74, 6) is 1.91. The molecule has 4 aromatic heterocycles. The maximum atomic E-state index is 4.81. The van der Waals surface area contributed by atoms with Crippen LogP contribution in [0.5, 0.6) is 0 Å². The monoisotopic (exact) mass is 540 g/mol. The third-order valence-corrected chi connectivity index (χ3v) is 9.01. The largest absolute Gasteiger partial charge is 0.294 e. The molecule has 0 spiro atoms. The van der Waals surface area contributed by atoms with E-state index in [2.05, 4.69) is 120 Å². The van der Waals surface area contributed by atoms with E-state index in [1.54, 1.807) is 0 Å². The molecule has 1 aliphatic carbocycles. The van der Waals surface area contributed by atoms with E-state index in [9.17, 15) is 0 Å². The molecule has 1 aliphatic rings. The first-order valence-electron chi connectivity index (χ1n) is 14.6. The predicted octanol–water partition coefficient (Wildman–Crippen LogP) is 9.05. The average Bonchev–Trinajstić information content (AvgIpc) is 3.51. The van der Waals surface area contributed by atoms with Gasteiger partial charge in [0, 0.05) is 33.9 Å². The molecule has 0 bridgehead atoms. The first-order valence-corrected chi connectivity index (χ1v) is 14.6. The normalized spacial score (nSPS) is 12.8. The topological polar surface area (TPSA) is 35.6 Å². The summed E-state index contributed by atoms with van der Waals surface area (Å²) in [5.41, 5.74) is 12.6. The van der Waals surface area contributed by atoms with E-state index in [4.69, 9.17) is 9.97 Å². The van der Waals surface area contributed by atoms with Gasteiger partial charge in [0.05, 0.1) is 22.1 Å². The summed E-state index contributed by atoms with van der Waals surface area (Å²) in [6.45, 7) is 4.26. The fourth-order valence-corrected chi connectivity index (χ4v) is 7.08. The van der Waals surface area contributed by atoms with Gasteiger partial charge in [0.2, 0.25) is 0 Å². The van der Waals surface area contributed by atoms with Crippen molar-refractivity contribution in [3.05, 3.63) is 132 Å². The van der Waals surface area contributed by atoms with Crippen molar-refractivity contribution in [2.24, 2.45) is 0 Å².